The number of ether oxygens (including phenoxy) is 2. The molecule has 0 aliphatic carbocycles. The molecule has 2 aromatic heterocycles. The van der Waals surface area contributed by atoms with Crippen molar-refractivity contribution in [2.75, 3.05) is 38.4 Å². The summed E-state index contributed by atoms with van der Waals surface area (Å²) in [5, 5.41) is 21.2. The van der Waals surface area contributed by atoms with Crippen LogP contribution in [0.25, 0.3) is 11.3 Å². The fraction of sp³-hybridized carbons (Fsp3) is 0.393. The number of nitrogens with one attached hydrogen (secondary N) is 1. The molecule has 39 heavy (non-hydrogen) atoms. The summed E-state index contributed by atoms with van der Waals surface area (Å²) < 4.78 is 10.3. The number of aromatic nitrogens is 3. The Morgan fingerprint density at radius 2 is 1.85 bits per heavy atom. The second kappa shape index (κ2) is 13.1. The predicted molar refractivity (Wildman–Crippen MR) is 143 cm³/mol. The van der Waals surface area contributed by atoms with E-state index >= 15 is 0 Å². The maximum atomic E-state index is 12.3. The fourth-order valence-corrected chi connectivity index (χ4v) is 4.53. The van der Waals surface area contributed by atoms with E-state index in [1.54, 1.807) is 14.0 Å². The third-order valence-corrected chi connectivity index (χ3v) is 6.63. The highest BCUT2D eigenvalue weighted by Gasteiger charge is 2.23. The molecule has 0 saturated carbocycles. The number of rotatable bonds is 11. The number of hydrogen-bond donors (Lipinski definition) is 3. The van der Waals surface area contributed by atoms with E-state index in [-0.39, 0.29) is 18.2 Å². The van der Waals surface area contributed by atoms with Crippen molar-refractivity contribution in [3.05, 3.63) is 65.4 Å². The van der Waals surface area contributed by atoms with Crippen LogP contribution in [0.4, 0.5) is 5.69 Å². The highest BCUT2D eigenvalue weighted by Crippen LogP contribution is 2.28. The maximum Gasteiger partial charge on any atom is 0.322 e. The number of benzene rings is 1. The minimum absolute atomic E-state index is 0.195. The van der Waals surface area contributed by atoms with Gasteiger partial charge < -0.3 is 29.9 Å². The smallest absolute Gasteiger partial charge is 0.322 e. The number of pyridine rings is 1. The molecule has 3 N–H and O–H groups in total. The lowest BCUT2D eigenvalue weighted by Gasteiger charge is -2.33. The van der Waals surface area contributed by atoms with Crippen LogP contribution in [0.1, 0.15) is 40.4 Å². The third-order valence-electron chi connectivity index (χ3n) is 6.63. The second-order valence-corrected chi connectivity index (χ2v) is 9.49. The predicted octanol–water partition coefficient (Wildman–Crippen LogP) is 2.95. The molecule has 0 atom stereocenters. The van der Waals surface area contributed by atoms with Gasteiger partial charge in [0.25, 0.3) is 5.91 Å². The lowest BCUT2D eigenvalue weighted by atomic mass is 9.92. The van der Waals surface area contributed by atoms with E-state index in [2.05, 4.69) is 49.4 Å². The first kappa shape index (κ1) is 27.9. The van der Waals surface area contributed by atoms with Crippen LogP contribution in [0, 0.1) is 12.8 Å². The van der Waals surface area contributed by atoms with Crippen molar-refractivity contribution in [2.45, 2.75) is 32.8 Å². The number of carbonyl (C=O) groups excluding carboxylic acids is 1. The molecule has 1 aliphatic rings. The molecule has 11 nitrogen and oxygen atoms in total. The number of methoxy groups -OCH3 is 1. The summed E-state index contributed by atoms with van der Waals surface area (Å²) in [5.74, 6) is -1.44. The number of aromatic hydroxyl groups is 1. The molecule has 0 radical (unpaired) electrons. The molecule has 1 saturated heterocycles. The Kier molecular flexibility index (Phi) is 9.40. The average molecular weight is 536 g/mol. The third kappa shape index (κ3) is 7.49. The van der Waals surface area contributed by atoms with Gasteiger partial charge in [0, 0.05) is 44.1 Å². The molecule has 1 aromatic carbocycles. The van der Waals surface area contributed by atoms with Gasteiger partial charge in [0.2, 0.25) is 0 Å². The molecule has 3 aromatic rings. The summed E-state index contributed by atoms with van der Waals surface area (Å²) in [6, 6.07) is 12.4. The van der Waals surface area contributed by atoms with Gasteiger partial charge in [0.15, 0.2) is 11.4 Å². The number of carboxylic acids is 1. The molecular weight excluding hydrogens is 502 g/mol. The van der Waals surface area contributed by atoms with Crippen molar-refractivity contribution in [3.63, 3.8) is 0 Å². The number of nitrogens with zero attached hydrogens (tertiary/aromatic N) is 4. The van der Waals surface area contributed by atoms with E-state index < -0.39 is 18.4 Å². The van der Waals surface area contributed by atoms with Gasteiger partial charge in [-0.2, -0.15) is 0 Å². The first-order chi connectivity index (χ1) is 18.8. The Morgan fingerprint density at radius 3 is 2.49 bits per heavy atom. The quantitative estimate of drug-likeness (QED) is 0.247. The van der Waals surface area contributed by atoms with Crippen LogP contribution in [-0.4, -0.2) is 70.6 Å². The van der Waals surface area contributed by atoms with Crippen LogP contribution in [0.2, 0.25) is 0 Å². The van der Waals surface area contributed by atoms with Crippen LogP contribution in [0.15, 0.2) is 42.6 Å². The zero-order chi connectivity index (χ0) is 27.8. The molecule has 4 rings (SSSR count). The highest BCUT2D eigenvalue weighted by molar-refractivity contribution is 5.96. The Hall–Kier alpha value is -4.09. The summed E-state index contributed by atoms with van der Waals surface area (Å²) in [6.07, 6.45) is 4.25. The van der Waals surface area contributed by atoms with Gasteiger partial charge in [-0.25, -0.2) is 9.97 Å². The average Bonchev–Trinajstić information content (AvgIpc) is 2.94. The van der Waals surface area contributed by atoms with Crippen molar-refractivity contribution < 1.29 is 29.3 Å². The first-order valence-corrected chi connectivity index (χ1v) is 12.8. The largest absolute Gasteiger partial charge is 0.504 e. The molecule has 1 fully saturated rings. The van der Waals surface area contributed by atoms with Crippen LogP contribution in [-0.2, 0) is 27.3 Å². The summed E-state index contributed by atoms with van der Waals surface area (Å²) in [6.45, 7) is 3.51. The van der Waals surface area contributed by atoms with Crippen molar-refractivity contribution in [3.8, 4) is 17.0 Å². The number of hydrogen-bond acceptors (Lipinski definition) is 9. The second-order valence-electron chi connectivity index (χ2n) is 9.49. The van der Waals surface area contributed by atoms with Crippen molar-refractivity contribution in [1.82, 2.24) is 20.3 Å². The number of anilines is 1. The van der Waals surface area contributed by atoms with Crippen LogP contribution in [0.3, 0.4) is 0 Å². The zero-order valence-corrected chi connectivity index (χ0v) is 22.1. The lowest BCUT2D eigenvalue weighted by molar-refractivity contribution is -0.135. The van der Waals surface area contributed by atoms with Crippen molar-refractivity contribution in [1.29, 1.82) is 0 Å². The van der Waals surface area contributed by atoms with Crippen LogP contribution < -0.4 is 10.2 Å². The van der Waals surface area contributed by atoms with E-state index in [0.717, 1.165) is 48.4 Å². The Labute approximate surface area is 226 Å². The molecular formula is C28H33N5O6. The van der Waals surface area contributed by atoms with E-state index in [1.807, 2.05) is 18.3 Å². The summed E-state index contributed by atoms with van der Waals surface area (Å²) in [4.78, 5) is 38.6. The molecule has 11 heteroatoms. The Bertz CT molecular complexity index is 1270. The molecule has 0 spiro atoms. The highest BCUT2D eigenvalue weighted by atomic mass is 16.7. The van der Waals surface area contributed by atoms with E-state index in [0.29, 0.717) is 30.5 Å². The van der Waals surface area contributed by atoms with Crippen molar-refractivity contribution in [2.24, 2.45) is 5.92 Å². The summed E-state index contributed by atoms with van der Waals surface area (Å²) in [7, 11) is 1.59. The number of aliphatic carboxylic acids is 1. The number of carboxylic acid groups (broad SMARTS) is 1. The first-order valence-electron chi connectivity index (χ1n) is 12.8. The minimum Gasteiger partial charge on any atom is -0.504 e. The van der Waals surface area contributed by atoms with Gasteiger partial charge in [-0.1, -0.05) is 18.2 Å². The fourth-order valence-electron chi connectivity index (χ4n) is 4.53. The van der Waals surface area contributed by atoms with Gasteiger partial charge in [0.1, 0.15) is 19.2 Å². The van der Waals surface area contributed by atoms with Gasteiger partial charge in [-0.05, 0) is 49.4 Å². The number of carbonyl (C=O) groups is 2. The lowest BCUT2D eigenvalue weighted by Crippen LogP contribution is -2.34. The normalized spacial score (nSPS) is 13.8. The van der Waals surface area contributed by atoms with E-state index in [4.69, 9.17) is 14.6 Å². The number of amides is 1. The van der Waals surface area contributed by atoms with Gasteiger partial charge in [0.05, 0.1) is 18.0 Å². The molecule has 0 bridgehead atoms. The molecule has 206 valence electrons. The Balaban J connectivity index is 1.32. The van der Waals surface area contributed by atoms with Gasteiger partial charge in [-0.3, -0.25) is 14.6 Å². The van der Waals surface area contributed by atoms with E-state index in [9.17, 15) is 14.7 Å². The molecule has 1 aliphatic heterocycles. The molecule has 0 unspecified atom stereocenters. The summed E-state index contributed by atoms with van der Waals surface area (Å²) >= 11 is 0. The van der Waals surface area contributed by atoms with Gasteiger partial charge in [-0.15, -0.1) is 0 Å². The van der Waals surface area contributed by atoms with Crippen LogP contribution >= 0.6 is 0 Å². The topological polar surface area (TPSA) is 147 Å². The maximum absolute atomic E-state index is 12.3. The zero-order valence-electron chi connectivity index (χ0n) is 22.1. The SMILES string of the molecule is COCOCc1ccc(-c2ccc(N3CCC(Cc4nc(C)c(O)c(C(=O)NCC(=O)O)n4)CC3)cc2)nc1. The van der Waals surface area contributed by atoms with Gasteiger partial charge >= 0.3 is 5.97 Å². The monoisotopic (exact) mass is 535 g/mol. The summed E-state index contributed by atoms with van der Waals surface area (Å²) in [5.41, 5.74) is 4.18. The van der Waals surface area contributed by atoms with Crippen molar-refractivity contribution >= 4 is 17.6 Å². The standard InChI is InChI=1S/C28H33N5O6/c1-18-27(36)26(28(37)30-15-25(34)35)32-24(31-18)13-19-9-11-33(12-10-19)22-6-4-21(5-7-22)23-8-3-20(14-29-23)16-39-17-38-2/h3-8,14,19,36H,9-13,15-17H2,1-2H3,(H,30,37)(H,34,35). The number of piperidine rings is 1. The minimum atomic E-state index is -1.18. The molecule has 3 heterocycles. The number of aryl methyl sites for hydroxylation is 1. The van der Waals surface area contributed by atoms with Crippen LogP contribution in [0.5, 0.6) is 5.75 Å². The van der Waals surface area contributed by atoms with E-state index in [1.165, 1.54) is 0 Å². The molecule has 1 amide bonds. The Morgan fingerprint density at radius 1 is 1.10 bits per heavy atom.